The minimum absolute atomic E-state index is 0.00556. The molecule has 1 saturated heterocycles. The molecule has 2 heterocycles. The van der Waals surface area contributed by atoms with Crippen LogP contribution in [0.25, 0.3) is 0 Å². The van der Waals surface area contributed by atoms with E-state index in [1.54, 1.807) is 11.7 Å². The van der Waals surface area contributed by atoms with Crippen molar-refractivity contribution in [3.05, 3.63) is 16.6 Å². The minimum atomic E-state index is -3.01. The summed E-state index contributed by atoms with van der Waals surface area (Å²) in [7, 11) is -3.01. The first-order valence-electron chi connectivity index (χ1n) is 4.54. The number of hydrogen-bond acceptors (Lipinski definition) is 5. The molecule has 0 saturated carbocycles. The lowest BCUT2D eigenvalue weighted by atomic mass is 9.85. The van der Waals surface area contributed by atoms with Crippen molar-refractivity contribution < 1.29 is 8.42 Å². The van der Waals surface area contributed by atoms with Crippen molar-refractivity contribution in [2.24, 2.45) is 5.41 Å². The minimum Gasteiger partial charge on any atom is -0.253 e. The van der Waals surface area contributed by atoms with E-state index in [4.69, 9.17) is 5.26 Å². The SMILES string of the molecule is N#CC1(Cc2cncs2)CCS(=O)(=O)C1. The smallest absolute Gasteiger partial charge is 0.151 e. The Labute approximate surface area is 92.5 Å². The Kier molecular flexibility index (Phi) is 2.52. The summed E-state index contributed by atoms with van der Waals surface area (Å²) in [5, 5.41) is 9.12. The van der Waals surface area contributed by atoms with Gasteiger partial charge in [-0.25, -0.2) is 8.42 Å². The monoisotopic (exact) mass is 242 g/mol. The first-order chi connectivity index (χ1) is 7.05. The maximum atomic E-state index is 11.4. The van der Waals surface area contributed by atoms with E-state index in [1.165, 1.54) is 11.3 Å². The normalized spacial score (nSPS) is 28.7. The Morgan fingerprint density at radius 2 is 2.47 bits per heavy atom. The van der Waals surface area contributed by atoms with Crippen molar-refractivity contribution in [2.45, 2.75) is 12.8 Å². The van der Waals surface area contributed by atoms with Crippen molar-refractivity contribution in [1.29, 1.82) is 5.26 Å². The van der Waals surface area contributed by atoms with Crippen LogP contribution in [-0.2, 0) is 16.3 Å². The summed E-state index contributed by atoms with van der Waals surface area (Å²) in [6, 6.07) is 2.17. The highest BCUT2D eigenvalue weighted by atomic mass is 32.2. The van der Waals surface area contributed by atoms with Crippen molar-refractivity contribution >= 4 is 21.2 Å². The quantitative estimate of drug-likeness (QED) is 0.776. The van der Waals surface area contributed by atoms with Crippen LogP contribution >= 0.6 is 11.3 Å². The Morgan fingerprint density at radius 3 is 2.93 bits per heavy atom. The molecule has 1 aromatic heterocycles. The zero-order valence-electron chi connectivity index (χ0n) is 8.01. The lowest BCUT2D eigenvalue weighted by molar-refractivity contribution is 0.454. The molecule has 6 heteroatoms. The van der Waals surface area contributed by atoms with Gasteiger partial charge in [-0.15, -0.1) is 11.3 Å². The molecule has 0 bridgehead atoms. The third-order valence-corrected chi connectivity index (χ3v) is 5.22. The van der Waals surface area contributed by atoms with E-state index in [0.717, 1.165) is 4.88 Å². The van der Waals surface area contributed by atoms with E-state index in [1.807, 2.05) is 0 Å². The fourth-order valence-electron chi connectivity index (χ4n) is 1.85. The fraction of sp³-hybridized carbons (Fsp3) is 0.556. The van der Waals surface area contributed by atoms with Crippen LogP contribution in [0.2, 0.25) is 0 Å². The standard InChI is InChI=1S/C9H10N2O2S2/c10-5-9(1-2-15(12,13)6-9)3-8-4-11-7-14-8/h4,7H,1-3,6H2. The Morgan fingerprint density at radius 1 is 1.67 bits per heavy atom. The maximum absolute atomic E-state index is 11.4. The molecule has 0 aromatic carbocycles. The lowest BCUT2D eigenvalue weighted by Crippen LogP contribution is -2.22. The molecule has 0 aliphatic carbocycles. The Bertz CT molecular complexity index is 487. The van der Waals surface area contributed by atoms with Gasteiger partial charge in [-0.05, 0) is 6.42 Å². The van der Waals surface area contributed by atoms with E-state index in [-0.39, 0.29) is 11.5 Å². The van der Waals surface area contributed by atoms with Gasteiger partial charge in [-0.2, -0.15) is 5.26 Å². The van der Waals surface area contributed by atoms with E-state index in [2.05, 4.69) is 11.1 Å². The van der Waals surface area contributed by atoms with E-state index in [9.17, 15) is 8.42 Å². The molecule has 1 aliphatic rings. The van der Waals surface area contributed by atoms with Crippen LogP contribution in [0.4, 0.5) is 0 Å². The summed E-state index contributed by atoms with van der Waals surface area (Å²) in [5.41, 5.74) is 0.981. The van der Waals surface area contributed by atoms with Crippen molar-refractivity contribution in [3.8, 4) is 6.07 Å². The van der Waals surface area contributed by atoms with Crippen LogP contribution in [0.15, 0.2) is 11.7 Å². The number of nitriles is 1. The molecule has 1 unspecified atom stereocenters. The Balaban J connectivity index is 2.22. The summed E-state index contributed by atoms with van der Waals surface area (Å²) < 4.78 is 22.7. The first-order valence-corrected chi connectivity index (χ1v) is 7.24. The molecule has 2 rings (SSSR count). The summed E-state index contributed by atoms with van der Waals surface area (Å²) >= 11 is 1.47. The molecule has 1 aliphatic heterocycles. The summed E-state index contributed by atoms with van der Waals surface area (Å²) in [5.74, 6) is 0.133. The van der Waals surface area contributed by atoms with Gasteiger partial charge >= 0.3 is 0 Å². The van der Waals surface area contributed by atoms with Gasteiger partial charge in [-0.3, -0.25) is 4.98 Å². The van der Waals surface area contributed by atoms with Gasteiger partial charge in [0.05, 0.1) is 28.5 Å². The average molecular weight is 242 g/mol. The highest BCUT2D eigenvalue weighted by Crippen LogP contribution is 2.35. The molecule has 0 N–H and O–H groups in total. The third-order valence-electron chi connectivity index (χ3n) is 2.62. The molecule has 15 heavy (non-hydrogen) atoms. The highest BCUT2D eigenvalue weighted by Gasteiger charge is 2.42. The van der Waals surface area contributed by atoms with Crippen molar-refractivity contribution in [3.63, 3.8) is 0 Å². The molecule has 1 aromatic rings. The second kappa shape index (κ2) is 3.58. The van der Waals surface area contributed by atoms with Crippen LogP contribution in [0.3, 0.4) is 0 Å². The maximum Gasteiger partial charge on any atom is 0.151 e. The van der Waals surface area contributed by atoms with Crippen LogP contribution in [0.5, 0.6) is 0 Å². The van der Waals surface area contributed by atoms with Crippen LogP contribution in [-0.4, -0.2) is 24.9 Å². The number of aromatic nitrogens is 1. The number of hydrogen-bond donors (Lipinski definition) is 0. The molecular weight excluding hydrogens is 232 g/mol. The molecule has 0 spiro atoms. The van der Waals surface area contributed by atoms with E-state index < -0.39 is 15.3 Å². The average Bonchev–Trinajstić information content (AvgIpc) is 2.75. The molecule has 4 nitrogen and oxygen atoms in total. The molecule has 0 amide bonds. The fourth-order valence-corrected chi connectivity index (χ4v) is 4.58. The number of nitrogens with zero attached hydrogens (tertiary/aromatic N) is 2. The summed E-state index contributed by atoms with van der Waals surface area (Å²) in [4.78, 5) is 4.91. The van der Waals surface area contributed by atoms with Gasteiger partial charge < -0.3 is 0 Å². The number of rotatable bonds is 2. The van der Waals surface area contributed by atoms with Gasteiger partial charge in [0.15, 0.2) is 9.84 Å². The van der Waals surface area contributed by atoms with Gasteiger partial charge in [0, 0.05) is 17.5 Å². The third kappa shape index (κ3) is 2.19. The van der Waals surface area contributed by atoms with E-state index in [0.29, 0.717) is 12.8 Å². The Hall–Kier alpha value is -0.930. The highest BCUT2D eigenvalue weighted by molar-refractivity contribution is 7.91. The van der Waals surface area contributed by atoms with Crippen LogP contribution in [0, 0.1) is 16.7 Å². The first kappa shape index (κ1) is 10.6. The topological polar surface area (TPSA) is 70.8 Å². The van der Waals surface area contributed by atoms with Crippen LogP contribution in [0.1, 0.15) is 11.3 Å². The second-order valence-electron chi connectivity index (χ2n) is 3.88. The zero-order valence-corrected chi connectivity index (χ0v) is 9.64. The van der Waals surface area contributed by atoms with Crippen molar-refractivity contribution in [1.82, 2.24) is 4.98 Å². The summed E-state index contributed by atoms with van der Waals surface area (Å²) in [6.45, 7) is 0. The largest absolute Gasteiger partial charge is 0.253 e. The number of sulfone groups is 1. The predicted octanol–water partition coefficient (Wildman–Crippen LogP) is 1.01. The van der Waals surface area contributed by atoms with E-state index >= 15 is 0 Å². The van der Waals surface area contributed by atoms with Gasteiger partial charge in [0.2, 0.25) is 0 Å². The van der Waals surface area contributed by atoms with Gasteiger partial charge in [0.25, 0.3) is 0 Å². The predicted molar refractivity (Wildman–Crippen MR) is 57.1 cm³/mol. The number of thiazole rings is 1. The molecule has 1 fully saturated rings. The molecular formula is C9H10N2O2S2. The second-order valence-corrected chi connectivity index (χ2v) is 7.03. The zero-order chi connectivity index (χ0) is 10.9. The van der Waals surface area contributed by atoms with Crippen LogP contribution < -0.4 is 0 Å². The lowest BCUT2D eigenvalue weighted by Gasteiger charge is -2.16. The molecule has 1 atom stereocenters. The summed E-state index contributed by atoms with van der Waals surface area (Å²) in [6.07, 6.45) is 2.66. The molecule has 80 valence electrons. The van der Waals surface area contributed by atoms with Crippen molar-refractivity contribution in [2.75, 3.05) is 11.5 Å². The van der Waals surface area contributed by atoms with Gasteiger partial charge in [0.1, 0.15) is 0 Å². The molecule has 0 radical (unpaired) electrons. The van der Waals surface area contributed by atoms with Gasteiger partial charge in [-0.1, -0.05) is 0 Å².